The zero-order valence-electron chi connectivity index (χ0n) is 17.4. The molecule has 7 nitrogen and oxygen atoms in total. The number of methoxy groups -OCH3 is 1. The van der Waals surface area contributed by atoms with E-state index < -0.39 is 23.7 Å². The molecule has 0 spiro atoms. The number of Topliss-reactive ketones (excluding diaryl/α,β-unsaturated/α-hetero) is 2. The largest absolute Gasteiger partial charge is 0.497 e. The van der Waals surface area contributed by atoms with Crippen molar-refractivity contribution in [2.24, 2.45) is 11.8 Å². The van der Waals surface area contributed by atoms with Crippen LogP contribution in [0.25, 0.3) is 0 Å². The molecule has 0 aliphatic heterocycles. The van der Waals surface area contributed by atoms with Gasteiger partial charge in [0.25, 0.3) is 6.47 Å². The van der Waals surface area contributed by atoms with E-state index >= 15 is 0 Å². The van der Waals surface area contributed by atoms with Crippen molar-refractivity contribution in [2.75, 3.05) is 20.3 Å². The van der Waals surface area contributed by atoms with Gasteiger partial charge in [0.1, 0.15) is 23.2 Å². The molecule has 0 bridgehead atoms. The zero-order chi connectivity index (χ0) is 21.7. The summed E-state index contributed by atoms with van der Waals surface area (Å²) in [6.45, 7) is 9.08. The maximum Gasteiger partial charge on any atom is 0.317 e. The molecule has 7 heteroatoms. The van der Waals surface area contributed by atoms with Gasteiger partial charge in [0.15, 0.2) is 0 Å². The average molecular weight is 394 g/mol. The van der Waals surface area contributed by atoms with Crippen molar-refractivity contribution in [2.45, 2.75) is 40.5 Å². The van der Waals surface area contributed by atoms with E-state index in [0.29, 0.717) is 18.8 Å². The van der Waals surface area contributed by atoms with Gasteiger partial charge in [-0.2, -0.15) is 0 Å². The van der Waals surface area contributed by atoms with Gasteiger partial charge in [-0.1, -0.05) is 19.1 Å². The monoisotopic (exact) mass is 394 g/mol. The number of esters is 1. The maximum atomic E-state index is 12.3. The zero-order valence-corrected chi connectivity index (χ0v) is 17.4. The molecule has 28 heavy (non-hydrogen) atoms. The Morgan fingerprint density at radius 2 is 1.57 bits per heavy atom. The SMILES string of the molecule is CCOC(=O)C(C(C)=O)C(c1ccc(OC)cc1)C(C)C(C)=O.CCOC=O. The van der Waals surface area contributed by atoms with Crippen LogP contribution in [0.1, 0.15) is 46.1 Å². The molecule has 0 N–H and O–H groups in total. The molecule has 1 aromatic rings. The van der Waals surface area contributed by atoms with E-state index in [1.54, 1.807) is 52.1 Å². The number of hydrogen-bond donors (Lipinski definition) is 0. The lowest BCUT2D eigenvalue weighted by atomic mass is 9.74. The minimum Gasteiger partial charge on any atom is -0.497 e. The van der Waals surface area contributed by atoms with Crippen LogP contribution in [0.5, 0.6) is 5.75 Å². The van der Waals surface area contributed by atoms with Crippen LogP contribution in [-0.2, 0) is 28.7 Å². The Kier molecular flexibility index (Phi) is 12.2. The Morgan fingerprint density at radius 3 is 1.89 bits per heavy atom. The Bertz CT molecular complexity index is 637. The minimum absolute atomic E-state index is 0.0821. The minimum atomic E-state index is -0.998. The normalized spacial score (nSPS) is 13.1. The van der Waals surface area contributed by atoms with E-state index in [4.69, 9.17) is 9.47 Å². The van der Waals surface area contributed by atoms with Crippen molar-refractivity contribution < 1.29 is 33.4 Å². The predicted molar refractivity (Wildman–Crippen MR) is 104 cm³/mol. The number of carbonyl (C=O) groups is 4. The first-order chi connectivity index (χ1) is 13.2. The fourth-order valence-corrected chi connectivity index (χ4v) is 2.71. The molecule has 0 aromatic heterocycles. The second-order valence-electron chi connectivity index (χ2n) is 6.09. The molecule has 0 amide bonds. The first kappa shape index (κ1) is 25.3. The number of hydrogen-bond acceptors (Lipinski definition) is 7. The summed E-state index contributed by atoms with van der Waals surface area (Å²) in [6.07, 6.45) is 0. The van der Waals surface area contributed by atoms with E-state index in [2.05, 4.69) is 4.74 Å². The van der Waals surface area contributed by atoms with Crippen LogP contribution in [0.15, 0.2) is 24.3 Å². The third-order valence-electron chi connectivity index (χ3n) is 4.25. The van der Waals surface area contributed by atoms with Gasteiger partial charge in [0.2, 0.25) is 0 Å². The van der Waals surface area contributed by atoms with Gasteiger partial charge in [-0.05, 0) is 45.4 Å². The van der Waals surface area contributed by atoms with Gasteiger partial charge < -0.3 is 14.2 Å². The molecule has 0 aliphatic carbocycles. The Morgan fingerprint density at radius 1 is 1.00 bits per heavy atom. The molecule has 0 radical (unpaired) electrons. The summed E-state index contributed by atoms with van der Waals surface area (Å²) in [7, 11) is 1.56. The summed E-state index contributed by atoms with van der Waals surface area (Å²) in [6, 6.07) is 7.05. The molecule has 3 atom stereocenters. The van der Waals surface area contributed by atoms with Gasteiger partial charge in [0, 0.05) is 11.8 Å². The molecule has 0 heterocycles. The number of ketones is 2. The highest BCUT2D eigenvalue weighted by atomic mass is 16.5. The smallest absolute Gasteiger partial charge is 0.317 e. The number of ether oxygens (including phenoxy) is 3. The molecule has 156 valence electrons. The molecule has 0 fully saturated rings. The first-order valence-corrected chi connectivity index (χ1v) is 9.11. The molecule has 0 saturated heterocycles. The predicted octanol–water partition coefficient (Wildman–Crippen LogP) is 2.95. The topological polar surface area (TPSA) is 96.0 Å². The summed E-state index contributed by atoms with van der Waals surface area (Å²) in [5.41, 5.74) is 0.738. The van der Waals surface area contributed by atoms with Crippen molar-refractivity contribution in [1.82, 2.24) is 0 Å². The highest BCUT2D eigenvalue weighted by Crippen LogP contribution is 2.35. The quantitative estimate of drug-likeness (QED) is 0.342. The van der Waals surface area contributed by atoms with Crippen molar-refractivity contribution in [3.05, 3.63) is 29.8 Å². The molecular formula is C21H30O7. The van der Waals surface area contributed by atoms with Crippen LogP contribution >= 0.6 is 0 Å². The van der Waals surface area contributed by atoms with Crippen LogP contribution in [0, 0.1) is 11.8 Å². The van der Waals surface area contributed by atoms with Crippen LogP contribution in [0.3, 0.4) is 0 Å². The summed E-state index contributed by atoms with van der Waals surface area (Å²) in [4.78, 5) is 45.4. The van der Waals surface area contributed by atoms with Crippen LogP contribution < -0.4 is 4.74 Å². The molecular weight excluding hydrogens is 364 g/mol. The molecule has 0 aliphatic rings. The van der Waals surface area contributed by atoms with Crippen molar-refractivity contribution in [3.8, 4) is 5.75 Å². The molecule has 3 unspecified atom stereocenters. The van der Waals surface area contributed by atoms with E-state index in [-0.39, 0.29) is 18.2 Å². The third-order valence-corrected chi connectivity index (χ3v) is 4.25. The van der Waals surface area contributed by atoms with Crippen molar-refractivity contribution in [1.29, 1.82) is 0 Å². The lowest BCUT2D eigenvalue weighted by Gasteiger charge is -2.28. The Balaban J connectivity index is 0.00000129. The lowest BCUT2D eigenvalue weighted by Crippen LogP contribution is -2.35. The van der Waals surface area contributed by atoms with Crippen molar-refractivity contribution in [3.63, 3.8) is 0 Å². The molecule has 0 saturated carbocycles. The number of carbonyl (C=O) groups excluding carboxylic acids is 4. The Hall–Kier alpha value is -2.70. The highest BCUT2D eigenvalue weighted by Gasteiger charge is 2.39. The van der Waals surface area contributed by atoms with Gasteiger partial charge in [-0.3, -0.25) is 19.2 Å². The maximum absolute atomic E-state index is 12.3. The number of benzene rings is 1. The van der Waals surface area contributed by atoms with Gasteiger partial charge in [-0.25, -0.2) is 0 Å². The summed E-state index contributed by atoms with van der Waals surface area (Å²) in [5, 5.41) is 0. The summed E-state index contributed by atoms with van der Waals surface area (Å²) >= 11 is 0. The summed E-state index contributed by atoms with van der Waals surface area (Å²) in [5.74, 6) is -2.36. The van der Waals surface area contributed by atoms with Gasteiger partial charge in [0.05, 0.1) is 20.3 Å². The molecule has 1 rings (SSSR count). The van der Waals surface area contributed by atoms with Crippen LogP contribution in [0.4, 0.5) is 0 Å². The summed E-state index contributed by atoms with van der Waals surface area (Å²) < 4.78 is 14.3. The highest BCUT2D eigenvalue weighted by molar-refractivity contribution is 5.99. The average Bonchev–Trinajstić information content (AvgIpc) is 2.66. The fraction of sp³-hybridized carbons (Fsp3) is 0.524. The lowest BCUT2D eigenvalue weighted by molar-refractivity contribution is -0.152. The van der Waals surface area contributed by atoms with Gasteiger partial charge in [-0.15, -0.1) is 0 Å². The van der Waals surface area contributed by atoms with E-state index in [9.17, 15) is 19.2 Å². The third kappa shape index (κ3) is 7.90. The fourth-order valence-electron chi connectivity index (χ4n) is 2.71. The second-order valence-corrected chi connectivity index (χ2v) is 6.09. The van der Waals surface area contributed by atoms with E-state index in [1.807, 2.05) is 0 Å². The van der Waals surface area contributed by atoms with Gasteiger partial charge >= 0.3 is 5.97 Å². The second kappa shape index (κ2) is 13.5. The van der Waals surface area contributed by atoms with E-state index in [0.717, 1.165) is 5.56 Å². The van der Waals surface area contributed by atoms with Crippen molar-refractivity contribution >= 4 is 24.0 Å². The Labute approximate surface area is 166 Å². The first-order valence-electron chi connectivity index (χ1n) is 9.11. The van der Waals surface area contributed by atoms with Crippen LogP contribution in [0.2, 0.25) is 0 Å². The molecule has 1 aromatic carbocycles. The van der Waals surface area contributed by atoms with E-state index in [1.165, 1.54) is 13.8 Å². The number of rotatable bonds is 10. The standard InChI is InChI=1S/C18H24O5.C3H6O2/c1-6-23-18(21)17(13(4)20)16(11(2)12(3)19)14-7-9-15(22-5)10-8-14;1-2-5-3-4/h7-11,16-17H,6H2,1-5H3;3H,2H2,1H3. The van der Waals surface area contributed by atoms with Crippen LogP contribution in [-0.4, -0.2) is 44.3 Å².